The topological polar surface area (TPSA) is 100 Å². The van der Waals surface area contributed by atoms with Crippen molar-refractivity contribution in [1.82, 2.24) is 0 Å². The van der Waals surface area contributed by atoms with Crippen LogP contribution in [0.25, 0.3) is 0 Å². The Bertz CT molecular complexity index is 1370. The number of carbonyl (C=O) groups is 3. The van der Waals surface area contributed by atoms with E-state index in [1.807, 2.05) is 48.5 Å². The Morgan fingerprint density at radius 2 is 1.14 bits per heavy atom. The van der Waals surface area contributed by atoms with Crippen molar-refractivity contribution in [1.29, 1.82) is 0 Å². The van der Waals surface area contributed by atoms with E-state index in [0.29, 0.717) is 44.2 Å². The maximum absolute atomic E-state index is 12.7. The molecule has 3 aromatic rings. The number of carbonyl (C=O) groups excluding carboxylic acids is 3. The van der Waals surface area contributed by atoms with Gasteiger partial charge in [0, 0.05) is 28.8 Å². The summed E-state index contributed by atoms with van der Waals surface area (Å²) in [7, 11) is 0. The smallest absolute Gasteiger partial charge is 0.330 e. The molecule has 0 radical (unpaired) electrons. The summed E-state index contributed by atoms with van der Waals surface area (Å²) < 4.78 is 21.3. The number of benzene rings is 3. The first kappa shape index (κ1) is 32.9. The Labute approximate surface area is 256 Å². The van der Waals surface area contributed by atoms with Crippen molar-refractivity contribution in [2.24, 2.45) is 4.99 Å². The average Bonchev–Trinajstić information content (AvgIpc) is 3.04. The lowest BCUT2D eigenvalue weighted by molar-refractivity contribution is -0.138. The van der Waals surface area contributed by atoms with Gasteiger partial charge in [-0.3, -0.25) is 9.79 Å². The van der Waals surface area contributed by atoms with Gasteiger partial charge in [-0.1, -0.05) is 13.2 Å². The Hall–Kier alpha value is -4.63. The van der Waals surface area contributed by atoms with Crippen molar-refractivity contribution in [2.45, 2.75) is 30.6 Å². The van der Waals surface area contributed by atoms with Crippen LogP contribution in [-0.4, -0.2) is 49.7 Å². The molecule has 0 aliphatic rings. The zero-order valence-corrected chi connectivity index (χ0v) is 24.8. The summed E-state index contributed by atoms with van der Waals surface area (Å²) in [4.78, 5) is 40.1. The highest BCUT2D eigenvalue weighted by Gasteiger charge is 2.09. The van der Waals surface area contributed by atoms with Crippen LogP contribution >= 0.6 is 11.8 Å². The number of rotatable bonds is 18. The Balaban J connectivity index is 1.37. The molecule has 0 aliphatic carbocycles. The van der Waals surface area contributed by atoms with E-state index in [4.69, 9.17) is 18.9 Å². The first-order chi connectivity index (χ1) is 21.0. The predicted octanol–water partition coefficient (Wildman–Crippen LogP) is 7.15. The molecule has 3 rings (SSSR count). The molecule has 0 spiro atoms. The van der Waals surface area contributed by atoms with Crippen LogP contribution in [0.2, 0.25) is 0 Å². The van der Waals surface area contributed by atoms with Crippen LogP contribution in [0.15, 0.2) is 108 Å². The molecule has 9 heteroatoms. The van der Waals surface area contributed by atoms with Crippen molar-refractivity contribution < 1.29 is 33.3 Å². The van der Waals surface area contributed by atoms with Crippen LogP contribution in [-0.2, 0) is 19.1 Å². The molecule has 0 aliphatic heterocycles. The maximum Gasteiger partial charge on any atom is 0.330 e. The molecule has 0 fully saturated rings. The molecule has 43 heavy (non-hydrogen) atoms. The van der Waals surface area contributed by atoms with Crippen LogP contribution in [0.5, 0.6) is 11.5 Å². The van der Waals surface area contributed by atoms with Gasteiger partial charge < -0.3 is 18.9 Å². The first-order valence-electron chi connectivity index (χ1n) is 13.9. The van der Waals surface area contributed by atoms with E-state index in [2.05, 4.69) is 18.2 Å². The normalized spacial score (nSPS) is 10.6. The van der Waals surface area contributed by atoms with Gasteiger partial charge >= 0.3 is 11.9 Å². The van der Waals surface area contributed by atoms with E-state index in [9.17, 15) is 14.4 Å². The summed E-state index contributed by atoms with van der Waals surface area (Å²) in [6.45, 7) is 8.42. The average molecular weight is 602 g/mol. The fourth-order valence-corrected chi connectivity index (χ4v) is 4.24. The van der Waals surface area contributed by atoms with Crippen LogP contribution in [0.1, 0.15) is 41.6 Å². The molecule has 0 saturated carbocycles. The summed E-state index contributed by atoms with van der Waals surface area (Å²) in [5, 5.41) is -0.0646. The van der Waals surface area contributed by atoms with E-state index in [1.54, 1.807) is 30.5 Å². The van der Waals surface area contributed by atoms with E-state index in [1.165, 1.54) is 0 Å². The first-order valence-corrected chi connectivity index (χ1v) is 14.7. The maximum atomic E-state index is 12.7. The molecule has 0 heterocycles. The molecule has 0 bridgehead atoms. The highest BCUT2D eigenvalue weighted by molar-refractivity contribution is 8.14. The van der Waals surface area contributed by atoms with Crippen molar-refractivity contribution in [3.8, 4) is 11.5 Å². The number of hydrogen-bond donors (Lipinski definition) is 0. The Morgan fingerprint density at radius 1 is 0.651 bits per heavy atom. The predicted molar refractivity (Wildman–Crippen MR) is 169 cm³/mol. The molecule has 0 atom stereocenters. The summed E-state index contributed by atoms with van der Waals surface area (Å²) >= 11 is 1.15. The third-order valence-corrected chi connectivity index (χ3v) is 6.75. The fraction of sp³-hybridized carbons (Fsp3) is 0.235. The van der Waals surface area contributed by atoms with Crippen LogP contribution < -0.4 is 9.47 Å². The van der Waals surface area contributed by atoms with Crippen LogP contribution in [0, 0.1) is 0 Å². The molecule has 0 amide bonds. The molecule has 224 valence electrons. The van der Waals surface area contributed by atoms with E-state index in [-0.39, 0.29) is 5.12 Å². The van der Waals surface area contributed by atoms with Crippen molar-refractivity contribution in [3.05, 3.63) is 109 Å². The van der Waals surface area contributed by atoms with Gasteiger partial charge in [0.15, 0.2) is 0 Å². The van der Waals surface area contributed by atoms with Gasteiger partial charge in [-0.05, 0) is 116 Å². The zero-order valence-electron chi connectivity index (χ0n) is 23.9. The summed E-state index contributed by atoms with van der Waals surface area (Å²) in [5.74, 6) is 0.595. The lowest BCUT2D eigenvalue weighted by Gasteiger charge is -2.07. The number of ether oxygens (including phenoxy) is 4. The highest BCUT2D eigenvalue weighted by atomic mass is 32.2. The molecular formula is C34H35NO7S. The molecule has 0 saturated heterocycles. The monoisotopic (exact) mass is 601 g/mol. The second-order valence-corrected chi connectivity index (χ2v) is 10.1. The minimum atomic E-state index is -0.426. The molecular weight excluding hydrogens is 566 g/mol. The van der Waals surface area contributed by atoms with Gasteiger partial charge in [-0.25, -0.2) is 9.59 Å². The molecule has 8 nitrogen and oxygen atoms in total. The molecule has 0 unspecified atom stereocenters. The van der Waals surface area contributed by atoms with Gasteiger partial charge in [0.2, 0.25) is 5.12 Å². The van der Waals surface area contributed by atoms with E-state index < -0.39 is 11.9 Å². The van der Waals surface area contributed by atoms with E-state index >= 15 is 0 Å². The Morgan fingerprint density at radius 3 is 1.65 bits per heavy atom. The molecule has 0 aromatic heterocycles. The minimum absolute atomic E-state index is 0.0646. The second kappa shape index (κ2) is 18.7. The standard InChI is InChI=1S/C34H35NO7S/c1-3-32(36)41-23-7-5-21-39-29-15-9-26(10-16-29)25-35-28-13-19-31(20-14-28)43-34(38)27-11-17-30(18-12-27)40-22-6-8-24-42-33(37)4-2/h3-4,9-20,25H,1-2,5-8,21-24H2/b35-25+. The van der Waals surface area contributed by atoms with Crippen molar-refractivity contribution in [3.63, 3.8) is 0 Å². The van der Waals surface area contributed by atoms with Gasteiger partial charge in [-0.2, -0.15) is 0 Å². The third kappa shape index (κ3) is 12.8. The number of aliphatic imine (C=N–C) groups is 1. The SMILES string of the molecule is C=CC(=O)OCCCCOc1ccc(/C=N/c2ccc(SC(=O)c3ccc(OCCCCOC(=O)C=C)cc3)cc2)cc1. The van der Waals surface area contributed by atoms with Gasteiger partial charge in [0.05, 0.1) is 32.1 Å². The number of unbranched alkanes of at least 4 members (excludes halogenated alkanes) is 2. The van der Waals surface area contributed by atoms with Crippen LogP contribution in [0.3, 0.4) is 0 Å². The lowest BCUT2D eigenvalue weighted by atomic mass is 10.2. The number of nitrogens with zero attached hydrogens (tertiary/aromatic N) is 1. The number of esters is 2. The van der Waals surface area contributed by atoms with Gasteiger partial charge in [0.1, 0.15) is 11.5 Å². The Kier molecular flexibility index (Phi) is 14.3. The molecule has 0 N–H and O–H groups in total. The number of hydrogen-bond acceptors (Lipinski definition) is 9. The van der Waals surface area contributed by atoms with Gasteiger partial charge in [0.25, 0.3) is 0 Å². The quantitative estimate of drug-likeness (QED) is 0.0498. The largest absolute Gasteiger partial charge is 0.494 e. The highest BCUT2D eigenvalue weighted by Crippen LogP contribution is 2.26. The minimum Gasteiger partial charge on any atom is -0.494 e. The lowest BCUT2D eigenvalue weighted by Crippen LogP contribution is -2.04. The fourth-order valence-electron chi connectivity index (χ4n) is 3.50. The van der Waals surface area contributed by atoms with Crippen molar-refractivity contribution >= 4 is 40.7 Å². The summed E-state index contributed by atoms with van der Waals surface area (Å²) in [6, 6.07) is 22.1. The number of thioether (sulfide) groups is 1. The van der Waals surface area contributed by atoms with Gasteiger partial charge in [-0.15, -0.1) is 0 Å². The molecule has 3 aromatic carbocycles. The zero-order chi connectivity index (χ0) is 30.7. The second-order valence-electron chi connectivity index (χ2n) is 9.09. The third-order valence-electron chi connectivity index (χ3n) is 5.82. The van der Waals surface area contributed by atoms with Crippen molar-refractivity contribution in [2.75, 3.05) is 26.4 Å². The summed E-state index contributed by atoms with van der Waals surface area (Å²) in [5.41, 5.74) is 2.28. The van der Waals surface area contributed by atoms with Crippen LogP contribution in [0.4, 0.5) is 5.69 Å². The van der Waals surface area contributed by atoms with E-state index in [0.717, 1.165) is 65.1 Å². The summed E-state index contributed by atoms with van der Waals surface area (Å²) in [6.07, 6.45) is 6.99.